The van der Waals surface area contributed by atoms with Crippen molar-refractivity contribution in [2.75, 3.05) is 7.11 Å². The SMILES string of the molecule is COC(=O)O/N=C(\N)S(=O)(=O)c1ccccc1. The van der Waals surface area contributed by atoms with Gasteiger partial charge in [0.05, 0.1) is 12.0 Å². The fourth-order valence-electron chi connectivity index (χ4n) is 0.889. The molecule has 17 heavy (non-hydrogen) atoms. The summed E-state index contributed by atoms with van der Waals surface area (Å²) in [6.45, 7) is 0. The third-order valence-electron chi connectivity index (χ3n) is 1.71. The van der Waals surface area contributed by atoms with Crippen molar-refractivity contribution in [1.29, 1.82) is 0 Å². The average molecular weight is 258 g/mol. The summed E-state index contributed by atoms with van der Waals surface area (Å²) in [5.41, 5.74) is 5.22. The first-order chi connectivity index (χ1) is 7.98. The molecule has 0 aliphatic heterocycles. The van der Waals surface area contributed by atoms with E-state index in [4.69, 9.17) is 5.73 Å². The normalized spacial score (nSPS) is 11.9. The van der Waals surface area contributed by atoms with Crippen molar-refractivity contribution in [3.05, 3.63) is 30.3 Å². The number of carbonyl (C=O) groups is 1. The number of methoxy groups -OCH3 is 1. The van der Waals surface area contributed by atoms with Gasteiger partial charge in [-0.15, -0.1) is 0 Å². The van der Waals surface area contributed by atoms with Gasteiger partial charge in [-0.2, -0.15) is 0 Å². The Labute approximate surface area is 97.7 Å². The molecular formula is C9H10N2O5S. The molecule has 8 heteroatoms. The zero-order valence-corrected chi connectivity index (χ0v) is 9.68. The zero-order valence-electron chi connectivity index (χ0n) is 8.86. The van der Waals surface area contributed by atoms with Gasteiger partial charge in [0, 0.05) is 0 Å². The van der Waals surface area contributed by atoms with Crippen LogP contribution in [0.1, 0.15) is 0 Å². The smallest absolute Gasteiger partial charge is 0.436 e. The van der Waals surface area contributed by atoms with Gasteiger partial charge in [-0.3, -0.25) is 4.84 Å². The molecule has 92 valence electrons. The van der Waals surface area contributed by atoms with Crippen LogP contribution < -0.4 is 5.73 Å². The first kappa shape index (κ1) is 13.0. The summed E-state index contributed by atoms with van der Waals surface area (Å²) in [5, 5.41) is 2.15. The van der Waals surface area contributed by atoms with Crippen molar-refractivity contribution < 1.29 is 22.8 Å². The first-order valence-corrected chi connectivity index (χ1v) is 5.85. The molecule has 0 atom stereocenters. The average Bonchev–Trinajstić information content (AvgIpc) is 2.36. The molecule has 0 aliphatic rings. The largest absolute Gasteiger partial charge is 0.534 e. The van der Waals surface area contributed by atoms with E-state index in [0.717, 1.165) is 7.11 Å². The van der Waals surface area contributed by atoms with Crippen LogP contribution >= 0.6 is 0 Å². The standard InChI is InChI=1S/C9H10N2O5S/c1-15-9(12)16-11-8(10)17(13,14)7-5-3-2-4-6-7/h2-6H,1H3,(H2,10,11). The molecule has 0 aliphatic carbocycles. The molecule has 0 spiro atoms. The van der Waals surface area contributed by atoms with Gasteiger partial charge in [0.25, 0.3) is 5.17 Å². The van der Waals surface area contributed by atoms with Crippen LogP contribution in [-0.4, -0.2) is 26.9 Å². The summed E-state index contributed by atoms with van der Waals surface area (Å²) in [6.07, 6.45) is -1.16. The van der Waals surface area contributed by atoms with E-state index in [1.807, 2.05) is 0 Å². The molecule has 0 bridgehead atoms. The maximum Gasteiger partial charge on any atom is 0.534 e. The summed E-state index contributed by atoms with van der Waals surface area (Å²) in [6, 6.07) is 7.39. The van der Waals surface area contributed by atoms with E-state index < -0.39 is 21.2 Å². The van der Waals surface area contributed by atoms with E-state index in [9.17, 15) is 13.2 Å². The number of ether oxygens (including phenoxy) is 1. The number of hydrogen-bond donors (Lipinski definition) is 1. The van der Waals surface area contributed by atoms with Crippen LogP contribution in [0.5, 0.6) is 0 Å². The fraction of sp³-hybridized carbons (Fsp3) is 0.111. The molecule has 0 unspecified atom stereocenters. The minimum absolute atomic E-state index is 0.0466. The number of hydrogen-bond acceptors (Lipinski definition) is 6. The number of nitrogens with zero attached hydrogens (tertiary/aromatic N) is 1. The van der Waals surface area contributed by atoms with Crippen molar-refractivity contribution in [2.24, 2.45) is 10.9 Å². The highest BCUT2D eigenvalue weighted by atomic mass is 32.2. The number of nitrogens with two attached hydrogens (primary N) is 1. The number of benzene rings is 1. The summed E-state index contributed by atoms with van der Waals surface area (Å²) in [4.78, 5) is 14.6. The van der Waals surface area contributed by atoms with E-state index in [1.165, 1.54) is 24.3 Å². The first-order valence-electron chi connectivity index (χ1n) is 4.37. The number of rotatable bonds is 2. The lowest BCUT2D eigenvalue weighted by Gasteiger charge is -2.02. The maximum atomic E-state index is 11.7. The second-order valence-corrected chi connectivity index (χ2v) is 4.69. The lowest BCUT2D eigenvalue weighted by Crippen LogP contribution is -2.25. The van der Waals surface area contributed by atoms with Gasteiger partial charge in [-0.25, -0.2) is 13.2 Å². The minimum atomic E-state index is -3.95. The van der Waals surface area contributed by atoms with E-state index >= 15 is 0 Å². The van der Waals surface area contributed by atoms with Crippen LogP contribution in [0.2, 0.25) is 0 Å². The minimum Gasteiger partial charge on any atom is -0.436 e. The van der Waals surface area contributed by atoms with E-state index in [1.54, 1.807) is 6.07 Å². The molecule has 0 amide bonds. The molecule has 0 heterocycles. The summed E-state index contributed by atoms with van der Waals surface area (Å²) < 4.78 is 27.6. The van der Waals surface area contributed by atoms with E-state index in [2.05, 4.69) is 14.7 Å². The highest BCUT2D eigenvalue weighted by molar-refractivity contribution is 8.06. The third-order valence-corrected chi connectivity index (χ3v) is 3.22. The van der Waals surface area contributed by atoms with Crippen molar-refractivity contribution >= 4 is 21.2 Å². The van der Waals surface area contributed by atoms with E-state index in [0.29, 0.717) is 0 Å². The highest BCUT2D eigenvalue weighted by Gasteiger charge is 2.20. The molecule has 0 saturated heterocycles. The Morgan fingerprint density at radius 2 is 1.88 bits per heavy atom. The second kappa shape index (κ2) is 5.30. The number of amidine groups is 1. The Hall–Kier alpha value is -2.09. The molecule has 2 N–H and O–H groups in total. The maximum absolute atomic E-state index is 11.7. The summed E-state index contributed by atoms with van der Waals surface area (Å²) in [7, 11) is -2.89. The molecule has 1 aromatic carbocycles. The third kappa shape index (κ3) is 3.18. The summed E-state index contributed by atoms with van der Waals surface area (Å²) in [5.74, 6) is 0. The Morgan fingerprint density at radius 1 is 1.29 bits per heavy atom. The Kier molecular flexibility index (Phi) is 4.05. The zero-order chi connectivity index (χ0) is 12.9. The molecule has 7 nitrogen and oxygen atoms in total. The predicted molar refractivity (Wildman–Crippen MR) is 58.7 cm³/mol. The highest BCUT2D eigenvalue weighted by Crippen LogP contribution is 2.10. The van der Waals surface area contributed by atoms with Crippen molar-refractivity contribution in [3.63, 3.8) is 0 Å². The summed E-state index contributed by atoms with van der Waals surface area (Å²) >= 11 is 0. The van der Waals surface area contributed by atoms with E-state index in [-0.39, 0.29) is 4.90 Å². The number of sulfone groups is 1. The second-order valence-electron chi connectivity index (χ2n) is 2.79. The van der Waals surface area contributed by atoms with Crippen LogP contribution in [0.25, 0.3) is 0 Å². The molecular weight excluding hydrogens is 248 g/mol. The number of oxime groups is 1. The van der Waals surface area contributed by atoms with Gasteiger partial charge in [0.2, 0.25) is 9.84 Å². The van der Waals surface area contributed by atoms with Crippen molar-refractivity contribution in [2.45, 2.75) is 4.90 Å². The van der Waals surface area contributed by atoms with Crippen molar-refractivity contribution in [3.8, 4) is 0 Å². The fourth-order valence-corrected chi connectivity index (χ4v) is 1.78. The quantitative estimate of drug-likeness (QED) is 0.271. The Balaban J connectivity index is 2.96. The molecule has 0 fully saturated rings. The molecule has 0 radical (unpaired) electrons. The molecule has 1 rings (SSSR count). The topological polar surface area (TPSA) is 108 Å². The van der Waals surface area contributed by atoms with Gasteiger partial charge >= 0.3 is 6.16 Å². The van der Waals surface area contributed by atoms with Crippen molar-refractivity contribution in [1.82, 2.24) is 0 Å². The lowest BCUT2D eigenvalue weighted by molar-refractivity contribution is 0.0755. The molecule has 0 aromatic heterocycles. The van der Waals surface area contributed by atoms with Gasteiger partial charge < -0.3 is 10.5 Å². The predicted octanol–water partition coefficient (Wildman–Crippen LogP) is 0.473. The van der Waals surface area contributed by atoms with Gasteiger partial charge in [0.1, 0.15) is 0 Å². The lowest BCUT2D eigenvalue weighted by atomic mass is 10.4. The van der Waals surface area contributed by atoms with Crippen LogP contribution in [0.15, 0.2) is 40.4 Å². The van der Waals surface area contributed by atoms with Crippen LogP contribution in [0.3, 0.4) is 0 Å². The van der Waals surface area contributed by atoms with Crippen LogP contribution in [0, 0.1) is 0 Å². The van der Waals surface area contributed by atoms with Gasteiger partial charge in [0.15, 0.2) is 0 Å². The Bertz CT molecular complexity index is 524. The van der Waals surface area contributed by atoms with Crippen LogP contribution in [0.4, 0.5) is 4.79 Å². The monoisotopic (exact) mass is 258 g/mol. The molecule has 1 aromatic rings. The van der Waals surface area contributed by atoms with Gasteiger partial charge in [-0.05, 0) is 17.3 Å². The van der Waals surface area contributed by atoms with Gasteiger partial charge in [-0.1, -0.05) is 18.2 Å². The van der Waals surface area contributed by atoms with Crippen LogP contribution in [-0.2, 0) is 19.4 Å². The Morgan fingerprint density at radius 3 is 2.41 bits per heavy atom. The molecule has 0 saturated carbocycles. The number of carbonyl (C=O) groups excluding carboxylic acids is 1.